The van der Waals surface area contributed by atoms with E-state index in [9.17, 15) is 4.79 Å². The van der Waals surface area contributed by atoms with Crippen molar-refractivity contribution in [2.75, 3.05) is 6.61 Å². The lowest BCUT2D eigenvalue weighted by molar-refractivity contribution is 0.0549. The summed E-state index contributed by atoms with van der Waals surface area (Å²) in [4.78, 5) is 11.8. The van der Waals surface area contributed by atoms with E-state index in [1.165, 1.54) is 0 Å². The first-order chi connectivity index (χ1) is 8.70. The standard InChI is InChI=1S/C15H14O3/c1-3-6-18-15(16)13-9-11(2)8-12(10-13)14-5-4-7-17-14/h3-5,7-10H,1,6H2,2H3. The van der Waals surface area contributed by atoms with Crippen LogP contribution in [0, 0.1) is 6.92 Å². The number of aryl methyl sites for hydroxylation is 1. The molecule has 0 atom stereocenters. The smallest absolute Gasteiger partial charge is 0.338 e. The minimum Gasteiger partial charge on any atom is -0.464 e. The van der Waals surface area contributed by atoms with Gasteiger partial charge in [0.1, 0.15) is 12.4 Å². The van der Waals surface area contributed by atoms with Gasteiger partial charge in [-0.25, -0.2) is 4.79 Å². The summed E-state index contributed by atoms with van der Waals surface area (Å²) in [6, 6.07) is 9.18. The van der Waals surface area contributed by atoms with Crippen molar-refractivity contribution >= 4 is 5.97 Å². The van der Waals surface area contributed by atoms with Gasteiger partial charge in [0.2, 0.25) is 0 Å². The van der Waals surface area contributed by atoms with E-state index >= 15 is 0 Å². The van der Waals surface area contributed by atoms with Gasteiger partial charge in [-0.2, -0.15) is 0 Å². The zero-order chi connectivity index (χ0) is 13.0. The van der Waals surface area contributed by atoms with E-state index in [0.717, 1.165) is 16.9 Å². The molecule has 0 N–H and O–H groups in total. The van der Waals surface area contributed by atoms with Crippen molar-refractivity contribution in [2.24, 2.45) is 0 Å². The predicted molar refractivity (Wildman–Crippen MR) is 69.4 cm³/mol. The van der Waals surface area contributed by atoms with Crippen LogP contribution in [0.25, 0.3) is 11.3 Å². The van der Waals surface area contributed by atoms with Crippen molar-refractivity contribution in [1.29, 1.82) is 0 Å². The summed E-state index contributed by atoms with van der Waals surface area (Å²) in [7, 11) is 0. The summed E-state index contributed by atoms with van der Waals surface area (Å²) in [5.41, 5.74) is 2.36. The van der Waals surface area contributed by atoms with Crippen molar-refractivity contribution in [3.63, 3.8) is 0 Å². The molecule has 0 aliphatic heterocycles. The van der Waals surface area contributed by atoms with Crippen molar-refractivity contribution in [3.8, 4) is 11.3 Å². The molecule has 2 aromatic rings. The fourth-order valence-electron chi connectivity index (χ4n) is 1.70. The second-order valence-electron chi connectivity index (χ2n) is 3.95. The number of benzene rings is 1. The summed E-state index contributed by atoms with van der Waals surface area (Å²) in [6.07, 6.45) is 3.15. The average Bonchev–Trinajstić information content (AvgIpc) is 2.89. The molecule has 0 amide bonds. The molecule has 2 rings (SSSR count). The van der Waals surface area contributed by atoms with E-state index < -0.39 is 0 Å². The lowest BCUT2D eigenvalue weighted by atomic mass is 10.0. The molecular weight excluding hydrogens is 228 g/mol. The Kier molecular flexibility index (Phi) is 3.63. The molecule has 1 aromatic carbocycles. The van der Waals surface area contributed by atoms with Gasteiger partial charge < -0.3 is 9.15 Å². The largest absolute Gasteiger partial charge is 0.464 e. The Morgan fingerprint density at radius 1 is 1.44 bits per heavy atom. The fourth-order valence-corrected chi connectivity index (χ4v) is 1.70. The second-order valence-corrected chi connectivity index (χ2v) is 3.95. The third kappa shape index (κ3) is 2.69. The van der Waals surface area contributed by atoms with Crippen molar-refractivity contribution < 1.29 is 13.9 Å². The summed E-state index contributed by atoms with van der Waals surface area (Å²) in [5.74, 6) is 0.378. The van der Waals surface area contributed by atoms with Gasteiger partial charge in [0.25, 0.3) is 0 Å². The van der Waals surface area contributed by atoms with Crippen LogP contribution in [0.3, 0.4) is 0 Å². The molecular formula is C15H14O3. The van der Waals surface area contributed by atoms with Gasteiger partial charge in [0, 0.05) is 5.56 Å². The van der Waals surface area contributed by atoms with Gasteiger partial charge in [-0.1, -0.05) is 12.7 Å². The Balaban J connectivity index is 2.32. The molecule has 1 heterocycles. The van der Waals surface area contributed by atoms with E-state index in [2.05, 4.69) is 6.58 Å². The highest BCUT2D eigenvalue weighted by Gasteiger charge is 2.10. The first-order valence-corrected chi connectivity index (χ1v) is 5.64. The van der Waals surface area contributed by atoms with Crippen LogP contribution in [0.2, 0.25) is 0 Å². The molecule has 3 nitrogen and oxygen atoms in total. The van der Waals surface area contributed by atoms with E-state index in [0.29, 0.717) is 5.56 Å². The zero-order valence-electron chi connectivity index (χ0n) is 10.2. The number of hydrogen-bond donors (Lipinski definition) is 0. The van der Waals surface area contributed by atoms with Crippen LogP contribution >= 0.6 is 0 Å². The van der Waals surface area contributed by atoms with Crippen molar-refractivity contribution in [2.45, 2.75) is 6.92 Å². The summed E-state index contributed by atoms with van der Waals surface area (Å²) in [6.45, 7) is 5.65. The Labute approximate surface area is 106 Å². The molecule has 0 aliphatic rings. The minimum absolute atomic E-state index is 0.211. The van der Waals surface area contributed by atoms with Crippen LogP contribution in [0.4, 0.5) is 0 Å². The lowest BCUT2D eigenvalue weighted by Gasteiger charge is -2.05. The van der Waals surface area contributed by atoms with Crippen LogP contribution in [0.5, 0.6) is 0 Å². The van der Waals surface area contributed by atoms with Crippen molar-refractivity contribution in [1.82, 2.24) is 0 Å². The van der Waals surface area contributed by atoms with Gasteiger partial charge in [-0.05, 0) is 42.8 Å². The number of ether oxygens (including phenoxy) is 1. The van der Waals surface area contributed by atoms with Crippen LogP contribution in [-0.2, 0) is 4.74 Å². The van der Waals surface area contributed by atoms with Gasteiger partial charge >= 0.3 is 5.97 Å². The molecule has 0 bridgehead atoms. The molecule has 0 radical (unpaired) electrons. The molecule has 1 aromatic heterocycles. The average molecular weight is 242 g/mol. The van der Waals surface area contributed by atoms with Crippen molar-refractivity contribution in [3.05, 3.63) is 60.4 Å². The Morgan fingerprint density at radius 3 is 2.94 bits per heavy atom. The van der Waals surface area contributed by atoms with E-state index in [-0.39, 0.29) is 12.6 Å². The number of hydrogen-bond acceptors (Lipinski definition) is 3. The first kappa shape index (κ1) is 12.2. The Hall–Kier alpha value is -2.29. The second kappa shape index (κ2) is 5.36. The van der Waals surface area contributed by atoms with Crippen LogP contribution in [0.1, 0.15) is 15.9 Å². The number of esters is 1. The maximum atomic E-state index is 11.8. The molecule has 0 spiro atoms. The first-order valence-electron chi connectivity index (χ1n) is 5.64. The Bertz CT molecular complexity index is 553. The van der Waals surface area contributed by atoms with Crippen LogP contribution in [0.15, 0.2) is 53.7 Å². The molecule has 18 heavy (non-hydrogen) atoms. The van der Waals surface area contributed by atoms with Gasteiger partial charge in [-0.15, -0.1) is 0 Å². The topological polar surface area (TPSA) is 39.4 Å². The minimum atomic E-state index is -0.355. The van der Waals surface area contributed by atoms with Crippen LogP contribution < -0.4 is 0 Å². The number of carbonyl (C=O) groups is 1. The highest BCUT2D eigenvalue weighted by atomic mass is 16.5. The van der Waals surface area contributed by atoms with Gasteiger partial charge in [-0.3, -0.25) is 0 Å². The van der Waals surface area contributed by atoms with E-state index in [1.807, 2.05) is 25.1 Å². The highest BCUT2D eigenvalue weighted by Crippen LogP contribution is 2.23. The zero-order valence-corrected chi connectivity index (χ0v) is 10.2. The Morgan fingerprint density at radius 2 is 2.28 bits per heavy atom. The summed E-state index contributed by atoms with van der Waals surface area (Å²) >= 11 is 0. The van der Waals surface area contributed by atoms with Gasteiger partial charge in [0.05, 0.1) is 11.8 Å². The number of carbonyl (C=O) groups excluding carboxylic acids is 1. The monoisotopic (exact) mass is 242 g/mol. The number of rotatable bonds is 4. The summed E-state index contributed by atoms with van der Waals surface area (Å²) in [5, 5.41) is 0. The predicted octanol–water partition coefficient (Wildman–Crippen LogP) is 3.60. The molecule has 92 valence electrons. The molecule has 0 saturated heterocycles. The normalized spacial score (nSPS) is 10.1. The SMILES string of the molecule is C=CCOC(=O)c1cc(C)cc(-c2ccco2)c1. The molecule has 0 unspecified atom stereocenters. The van der Waals surface area contributed by atoms with E-state index in [4.69, 9.17) is 9.15 Å². The van der Waals surface area contributed by atoms with Crippen LogP contribution in [-0.4, -0.2) is 12.6 Å². The molecule has 0 fully saturated rings. The highest BCUT2D eigenvalue weighted by molar-refractivity contribution is 5.91. The van der Waals surface area contributed by atoms with Gasteiger partial charge in [0.15, 0.2) is 0 Å². The molecule has 3 heteroatoms. The molecule has 0 aliphatic carbocycles. The fraction of sp³-hybridized carbons (Fsp3) is 0.133. The maximum absolute atomic E-state index is 11.8. The van der Waals surface area contributed by atoms with E-state index in [1.54, 1.807) is 24.5 Å². The third-order valence-corrected chi connectivity index (χ3v) is 2.45. The number of furan rings is 1. The lowest BCUT2D eigenvalue weighted by Crippen LogP contribution is -2.05. The maximum Gasteiger partial charge on any atom is 0.338 e. The summed E-state index contributed by atoms with van der Waals surface area (Å²) < 4.78 is 10.3. The third-order valence-electron chi connectivity index (χ3n) is 2.45. The quantitative estimate of drug-likeness (QED) is 0.607. The molecule has 0 saturated carbocycles.